The first-order valence-corrected chi connectivity index (χ1v) is 7.03. The lowest BCUT2D eigenvalue weighted by atomic mass is 10.0. The molecule has 0 heterocycles. The SMILES string of the molecule is Cc1cc(OCc2ccccc2)cc(C(=O)CC(=O)C(=O)O)c1. The highest BCUT2D eigenvalue weighted by Crippen LogP contribution is 2.19. The van der Waals surface area contributed by atoms with E-state index in [2.05, 4.69) is 0 Å². The Morgan fingerprint density at radius 1 is 1.04 bits per heavy atom. The van der Waals surface area contributed by atoms with Crippen LogP contribution < -0.4 is 4.74 Å². The molecular weight excluding hydrogens is 296 g/mol. The minimum Gasteiger partial charge on any atom is -0.489 e. The molecule has 23 heavy (non-hydrogen) atoms. The Bertz CT molecular complexity index is 734. The quantitative estimate of drug-likeness (QED) is 0.483. The summed E-state index contributed by atoms with van der Waals surface area (Å²) in [5.41, 5.74) is 2.05. The number of hydrogen-bond acceptors (Lipinski definition) is 4. The number of aliphatic carboxylic acids is 1. The third kappa shape index (κ3) is 4.78. The molecule has 0 spiro atoms. The van der Waals surface area contributed by atoms with Crippen molar-refractivity contribution in [3.05, 3.63) is 65.2 Å². The molecule has 118 valence electrons. The number of carbonyl (C=O) groups is 3. The lowest BCUT2D eigenvalue weighted by Gasteiger charge is -2.09. The summed E-state index contributed by atoms with van der Waals surface area (Å²) in [6.07, 6.45) is -0.656. The Morgan fingerprint density at radius 3 is 2.39 bits per heavy atom. The highest BCUT2D eigenvalue weighted by atomic mass is 16.5. The maximum absolute atomic E-state index is 12.0. The monoisotopic (exact) mass is 312 g/mol. The van der Waals surface area contributed by atoms with Crippen LogP contribution in [0.5, 0.6) is 5.75 Å². The minimum atomic E-state index is -1.61. The Morgan fingerprint density at radius 2 is 1.74 bits per heavy atom. The number of carboxylic acids is 1. The number of benzene rings is 2. The summed E-state index contributed by atoms with van der Waals surface area (Å²) in [6.45, 7) is 2.15. The summed E-state index contributed by atoms with van der Waals surface area (Å²) < 4.78 is 5.66. The van der Waals surface area contributed by atoms with Gasteiger partial charge in [-0.2, -0.15) is 0 Å². The zero-order valence-corrected chi connectivity index (χ0v) is 12.6. The van der Waals surface area contributed by atoms with Crippen LogP contribution in [0.4, 0.5) is 0 Å². The molecule has 0 amide bonds. The van der Waals surface area contributed by atoms with E-state index >= 15 is 0 Å². The second-order valence-corrected chi connectivity index (χ2v) is 5.14. The summed E-state index contributed by atoms with van der Waals surface area (Å²) >= 11 is 0. The fourth-order valence-electron chi connectivity index (χ4n) is 2.06. The molecule has 2 rings (SSSR count). The first-order valence-electron chi connectivity index (χ1n) is 7.03. The number of rotatable bonds is 7. The third-order valence-corrected chi connectivity index (χ3v) is 3.18. The molecule has 0 aliphatic rings. The van der Waals surface area contributed by atoms with Gasteiger partial charge in [-0.3, -0.25) is 9.59 Å². The molecule has 0 aliphatic heterocycles. The normalized spacial score (nSPS) is 10.1. The standard InChI is InChI=1S/C18H16O5/c1-12-7-14(16(19)10-17(20)18(21)22)9-15(8-12)23-11-13-5-3-2-4-6-13/h2-9H,10-11H2,1H3,(H,21,22). The van der Waals surface area contributed by atoms with E-state index in [9.17, 15) is 14.4 Å². The van der Waals surface area contributed by atoms with Crippen LogP contribution in [0.1, 0.15) is 27.9 Å². The number of hydrogen-bond donors (Lipinski definition) is 1. The number of ketones is 2. The Kier molecular flexibility index (Phi) is 5.25. The van der Waals surface area contributed by atoms with Gasteiger partial charge in [0.25, 0.3) is 0 Å². The van der Waals surface area contributed by atoms with E-state index in [0.29, 0.717) is 12.4 Å². The summed E-state index contributed by atoms with van der Waals surface area (Å²) in [5, 5.41) is 8.57. The minimum absolute atomic E-state index is 0.266. The molecule has 0 saturated carbocycles. The Balaban J connectivity index is 2.10. The van der Waals surface area contributed by atoms with E-state index in [-0.39, 0.29) is 5.56 Å². The van der Waals surface area contributed by atoms with E-state index in [0.717, 1.165) is 11.1 Å². The van der Waals surface area contributed by atoms with Crippen molar-refractivity contribution >= 4 is 17.5 Å². The van der Waals surface area contributed by atoms with Crippen molar-refractivity contribution in [3.63, 3.8) is 0 Å². The van der Waals surface area contributed by atoms with Gasteiger partial charge in [0.2, 0.25) is 5.78 Å². The largest absolute Gasteiger partial charge is 0.489 e. The lowest BCUT2D eigenvalue weighted by molar-refractivity contribution is -0.148. The summed E-state index contributed by atoms with van der Waals surface area (Å²) in [7, 11) is 0. The summed E-state index contributed by atoms with van der Waals surface area (Å²) in [6, 6.07) is 14.5. The van der Waals surface area contributed by atoms with Crippen LogP contribution in [0.15, 0.2) is 48.5 Å². The summed E-state index contributed by atoms with van der Waals surface area (Å²) in [5.74, 6) is -2.76. The molecular formula is C18H16O5. The molecule has 0 atom stereocenters. The van der Waals surface area contributed by atoms with E-state index in [1.807, 2.05) is 30.3 Å². The zero-order valence-electron chi connectivity index (χ0n) is 12.6. The molecule has 0 fully saturated rings. The average Bonchev–Trinajstić information content (AvgIpc) is 2.53. The molecule has 1 N–H and O–H groups in total. The van der Waals surface area contributed by atoms with Crippen LogP contribution in [0, 0.1) is 6.92 Å². The number of Topliss-reactive ketones (excluding diaryl/α,β-unsaturated/α-hetero) is 2. The maximum atomic E-state index is 12.0. The first kappa shape index (κ1) is 16.4. The van der Waals surface area contributed by atoms with Gasteiger partial charge in [-0.15, -0.1) is 0 Å². The molecule has 0 unspecified atom stereocenters. The molecule has 2 aromatic carbocycles. The first-order chi connectivity index (χ1) is 11.0. The predicted molar refractivity (Wildman–Crippen MR) is 83.5 cm³/mol. The van der Waals surface area contributed by atoms with Gasteiger partial charge in [-0.25, -0.2) is 4.79 Å². The van der Waals surface area contributed by atoms with Crippen LogP contribution in [0.2, 0.25) is 0 Å². The molecule has 5 nitrogen and oxygen atoms in total. The van der Waals surface area contributed by atoms with Crippen molar-refractivity contribution in [2.24, 2.45) is 0 Å². The van der Waals surface area contributed by atoms with Crippen molar-refractivity contribution in [2.75, 3.05) is 0 Å². The second kappa shape index (κ2) is 7.35. The van der Waals surface area contributed by atoms with Gasteiger partial charge in [0, 0.05) is 5.56 Å². The fraction of sp³-hybridized carbons (Fsp3) is 0.167. The number of ether oxygens (including phenoxy) is 1. The van der Waals surface area contributed by atoms with Gasteiger partial charge in [-0.05, 0) is 36.2 Å². The molecule has 0 radical (unpaired) electrons. The van der Waals surface area contributed by atoms with Crippen LogP contribution in [0.3, 0.4) is 0 Å². The van der Waals surface area contributed by atoms with Crippen molar-refractivity contribution in [1.82, 2.24) is 0 Å². The van der Waals surface area contributed by atoms with E-state index in [4.69, 9.17) is 9.84 Å². The van der Waals surface area contributed by atoms with E-state index in [1.54, 1.807) is 19.1 Å². The van der Waals surface area contributed by atoms with Crippen molar-refractivity contribution in [3.8, 4) is 5.75 Å². The Hall–Kier alpha value is -2.95. The van der Waals surface area contributed by atoms with Crippen molar-refractivity contribution in [2.45, 2.75) is 20.0 Å². The topological polar surface area (TPSA) is 80.7 Å². The second-order valence-electron chi connectivity index (χ2n) is 5.14. The highest BCUT2D eigenvalue weighted by molar-refractivity contribution is 6.37. The number of carbonyl (C=O) groups excluding carboxylic acids is 2. The third-order valence-electron chi connectivity index (χ3n) is 3.18. The molecule has 0 saturated heterocycles. The molecule has 0 bridgehead atoms. The lowest BCUT2D eigenvalue weighted by Crippen LogP contribution is -2.17. The summed E-state index contributed by atoms with van der Waals surface area (Å²) in [4.78, 5) is 33.7. The van der Waals surface area contributed by atoms with Gasteiger partial charge >= 0.3 is 5.97 Å². The van der Waals surface area contributed by atoms with Gasteiger partial charge in [-0.1, -0.05) is 30.3 Å². The smallest absolute Gasteiger partial charge is 0.372 e. The zero-order chi connectivity index (χ0) is 16.8. The van der Waals surface area contributed by atoms with Crippen LogP contribution >= 0.6 is 0 Å². The van der Waals surface area contributed by atoms with Crippen molar-refractivity contribution in [1.29, 1.82) is 0 Å². The van der Waals surface area contributed by atoms with Gasteiger partial charge in [0.1, 0.15) is 12.4 Å². The van der Waals surface area contributed by atoms with Gasteiger partial charge in [0.05, 0.1) is 6.42 Å². The molecule has 2 aromatic rings. The molecule has 5 heteroatoms. The van der Waals surface area contributed by atoms with E-state index < -0.39 is 24.0 Å². The Labute approximate surface area is 133 Å². The van der Waals surface area contributed by atoms with Crippen LogP contribution in [-0.2, 0) is 16.2 Å². The maximum Gasteiger partial charge on any atom is 0.372 e. The van der Waals surface area contributed by atoms with Crippen molar-refractivity contribution < 1.29 is 24.2 Å². The average molecular weight is 312 g/mol. The highest BCUT2D eigenvalue weighted by Gasteiger charge is 2.18. The number of aryl methyl sites for hydroxylation is 1. The van der Waals surface area contributed by atoms with Gasteiger partial charge in [0.15, 0.2) is 5.78 Å². The van der Waals surface area contributed by atoms with E-state index in [1.165, 1.54) is 6.07 Å². The van der Waals surface area contributed by atoms with Crippen LogP contribution in [0.25, 0.3) is 0 Å². The molecule has 0 aromatic heterocycles. The van der Waals surface area contributed by atoms with Crippen LogP contribution in [-0.4, -0.2) is 22.6 Å². The predicted octanol–water partition coefficient (Wildman–Crippen LogP) is 2.80. The fourth-order valence-corrected chi connectivity index (χ4v) is 2.06. The number of carboxylic acid groups (broad SMARTS) is 1. The molecule has 0 aliphatic carbocycles. The van der Waals surface area contributed by atoms with Gasteiger partial charge < -0.3 is 9.84 Å².